The van der Waals surface area contributed by atoms with Gasteiger partial charge in [-0.2, -0.15) is 0 Å². The van der Waals surface area contributed by atoms with Crippen LogP contribution in [0.15, 0.2) is 17.3 Å². The van der Waals surface area contributed by atoms with E-state index in [1.54, 1.807) is 12.3 Å². The maximum atomic E-state index is 5.50. The van der Waals surface area contributed by atoms with Gasteiger partial charge in [-0.15, -0.1) is 0 Å². The van der Waals surface area contributed by atoms with Gasteiger partial charge in [0.05, 0.1) is 0 Å². The SMILES string of the molecule is ClC1(Cl)C=CN=C1. The minimum atomic E-state index is -0.833. The number of hydrogen-bond acceptors (Lipinski definition) is 1. The third kappa shape index (κ3) is 1.18. The maximum Gasteiger partial charge on any atom is 0.173 e. The molecule has 0 spiro atoms. The molecular weight excluding hydrogens is 133 g/mol. The smallest absolute Gasteiger partial charge is 0.173 e. The molecule has 3 heteroatoms. The number of nitrogens with zero attached hydrogens (tertiary/aromatic N) is 1. The second-order valence-electron chi connectivity index (χ2n) is 1.27. The quantitative estimate of drug-likeness (QED) is 0.450. The second kappa shape index (κ2) is 1.49. The maximum absolute atomic E-state index is 5.50. The lowest BCUT2D eigenvalue weighted by Crippen LogP contribution is -2.05. The van der Waals surface area contributed by atoms with Crippen molar-refractivity contribution in [3.05, 3.63) is 12.3 Å². The van der Waals surface area contributed by atoms with Crippen LogP contribution in [0.3, 0.4) is 0 Å². The Morgan fingerprint density at radius 2 is 2.14 bits per heavy atom. The highest BCUT2D eigenvalue weighted by molar-refractivity contribution is 6.58. The zero-order valence-corrected chi connectivity index (χ0v) is 4.95. The summed E-state index contributed by atoms with van der Waals surface area (Å²) in [4.78, 5) is 3.67. The molecule has 0 saturated heterocycles. The van der Waals surface area contributed by atoms with Crippen molar-refractivity contribution < 1.29 is 0 Å². The number of hydrogen-bond donors (Lipinski definition) is 0. The lowest BCUT2D eigenvalue weighted by Gasteiger charge is -1.98. The number of aliphatic imine (C=N–C) groups is 1. The van der Waals surface area contributed by atoms with Crippen molar-refractivity contribution >= 4 is 29.4 Å². The van der Waals surface area contributed by atoms with Gasteiger partial charge in [-0.05, 0) is 6.08 Å². The molecule has 0 atom stereocenters. The number of allylic oxidation sites excluding steroid dienone is 1. The van der Waals surface area contributed by atoms with Crippen LogP contribution in [-0.2, 0) is 0 Å². The molecule has 0 aromatic carbocycles. The molecule has 38 valence electrons. The molecule has 1 nitrogen and oxygen atoms in total. The van der Waals surface area contributed by atoms with Crippen LogP contribution >= 0.6 is 23.2 Å². The van der Waals surface area contributed by atoms with Crippen LogP contribution in [0.2, 0.25) is 0 Å². The van der Waals surface area contributed by atoms with Crippen molar-refractivity contribution in [1.82, 2.24) is 0 Å². The fourth-order valence-electron chi connectivity index (χ4n) is 0.328. The molecular formula is C4H3Cl2N. The standard InChI is InChI=1S/C4H3Cl2N/c5-4(6)1-2-7-3-4/h1-3H. The van der Waals surface area contributed by atoms with E-state index in [1.165, 1.54) is 6.21 Å². The molecule has 0 aromatic rings. The lowest BCUT2D eigenvalue weighted by atomic mass is 10.5. The Bertz CT molecular complexity index is 112. The molecule has 0 N–H and O–H groups in total. The highest BCUT2D eigenvalue weighted by Gasteiger charge is 2.18. The molecule has 0 aromatic heterocycles. The van der Waals surface area contributed by atoms with Crippen LogP contribution in [-0.4, -0.2) is 10.5 Å². The Hall–Kier alpha value is -0.0100. The van der Waals surface area contributed by atoms with E-state index in [2.05, 4.69) is 4.99 Å². The molecule has 1 rings (SSSR count). The summed E-state index contributed by atoms with van der Waals surface area (Å²) in [5, 5.41) is 0. The van der Waals surface area contributed by atoms with Gasteiger partial charge in [0, 0.05) is 12.4 Å². The van der Waals surface area contributed by atoms with Crippen LogP contribution in [0.5, 0.6) is 0 Å². The van der Waals surface area contributed by atoms with Crippen molar-refractivity contribution in [3.63, 3.8) is 0 Å². The van der Waals surface area contributed by atoms with Crippen LogP contribution in [0.4, 0.5) is 0 Å². The summed E-state index contributed by atoms with van der Waals surface area (Å²) >= 11 is 11.0. The van der Waals surface area contributed by atoms with Gasteiger partial charge < -0.3 is 0 Å². The molecule has 1 heterocycles. The molecule has 0 amide bonds. The van der Waals surface area contributed by atoms with Crippen LogP contribution < -0.4 is 0 Å². The largest absolute Gasteiger partial charge is 0.266 e. The molecule has 0 aliphatic carbocycles. The molecule has 7 heavy (non-hydrogen) atoms. The molecule has 0 bridgehead atoms. The normalized spacial score (nSPS) is 23.7. The van der Waals surface area contributed by atoms with Gasteiger partial charge >= 0.3 is 0 Å². The number of alkyl halides is 2. The fraction of sp³-hybridized carbons (Fsp3) is 0.250. The predicted molar refractivity (Wildman–Crippen MR) is 32.1 cm³/mol. The van der Waals surface area contributed by atoms with E-state index >= 15 is 0 Å². The monoisotopic (exact) mass is 135 g/mol. The van der Waals surface area contributed by atoms with Crippen LogP contribution in [0.1, 0.15) is 0 Å². The summed E-state index contributed by atoms with van der Waals surface area (Å²) in [6, 6.07) is 0. The summed E-state index contributed by atoms with van der Waals surface area (Å²) in [7, 11) is 0. The average molecular weight is 136 g/mol. The first kappa shape index (κ1) is 5.13. The van der Waals surface area contributed by atoms with Gasteiger partial charge in [0.1, 0.15) is 0 Å². The van der Waals surface area contributed by atoms with Gasteiger partial charge in [-0.25, -0.2) is 0 Å². The molecule has 0 fully saturated rings. The van der Waals surface area contributed by atoms with E-state index in [1.807, 2.05) is 0 Å². The molecule has 0 saturated carbocycles. The van der Waals surface area contributed by atoms with E-state index in [4.69, 9.17) is 23.2 Å². The Morgan fingerprint density at radius 3 is 2.29 bits per heavy atom. The lowest BCUT2D eigenvalue weighted by molar-refractivity contribution is 1.45. The second-order valence-corrected chi connectivity index (χ2v) is 2.71. The third-order valence-corrected chi connectivity index (χ3v) is 1.08. The van der Waals surface area contributed by atoms with E-state index in [0.717, 1.165) is 0 Å². The topological polar surface area (TPSA) is 12.4 Å². The first-order chi connectivity index (χ1) is 3.21. The van der Waals surface area contributed by atoms with E-state index in [0.29, 0.717) is 0 Å². The summed E-state index contributed by atoms with van der Waals surface area (Å²) in [6.45, 7) is 0. The van der Waals surface area contributed by atoms with E-state index in [9.17, 15) is 0 Å². The minimum absolute atomic E-state index is 0.833. The van der Waals surface area contributed by atoms with Crippen molar-refractivity contribution in [3.8, 4) is 0 Å². The Kier molecular flexibility index (Phi) is 1.10. The first-order valence-corrected chi connectivity index (χ1v) is 2.56. The van der Waals surface area contributed by atoms with Crippen molar-refractivity contribution in [2.75, 3.05) is 0 Å². The van der Waals surface area contributed by atoms with Crippen LogP contribution in [0, 0.1) is 0 Å². The zero-order valence-electron chi connectivity index (χ0n) is 3.44. The van der Waals surface area contributed by atoms with Crippen molar-refractivity contribution in [1.29, 1.82) is 0 Å². The molecule has 1 aliphatic rings. The summed E-state index contributed by atoms with van der Waals surface area (Å²) < 4.78 is -0.833. The van der Waals surface area contributed by atoms with E-state index < -0.39 is 4.33 Å². The third-order valence-electron chi connectivity index (χ3n) is 0.629. The summed E-state index contributed by atoms with van der Waals surface area (Å²) in [6.07, 6.45) is 4.65. The Morgan fingerprint density at radius 1 is 1.43 bits per heavy atom. The zero-order chi connectivity index (χ0) is 5.33. The fourth-order valence-corrected chi connectivity index (χ4v) is 0.553. The summed E-state index contributed by atoms with van der Waals surface area (Å²) in [5.41, 5.74) is 0. The van der Waals surface area contributed by atoms with Gasteiger partial charge in [-0.1, -0.05) is 23.2 Å². The molecule has 0 radical (unpaired) electrons. The van der Waals surface area contributed by atoms with Crippen molar-refractivity contribution in [2.24, 2.45) is 4.99 Å². The molecule has 0 unspecified atom stereocenters. The molecule has 1 aliphatic heterocycles. The highest BCUT2D eigenvalue weighted by atomic mass is 35.5. The first-order valence-electron chi connectivity index (χ1n) is 1.81. The van der Waals surface area contributed by atoms with Gasteiger partial charge in [0.2, 0.25) is 0 Å². The minimum Gasteiger partial charge on any atom is -0.266 e. The summed E-state index contributed by atoms with van der Waals surface area (Å²) in [5.74, 6) is 0. The van der Waals surface area contributed by atoms with Crippen molar-refractivity contribution in [2.45, 2.75) is 4.33 Å². The average Bonchev–Trinajstić information content (AvgIpc) is 1.84. The van der Waals surface area contributed by atoms with Gasteiger partial charge in [0.25, 0.3) is 0 Å². The van der Waals surface area contributed by atoms with Crippen LogP contribution in [0.25, 0.3) is 0 Å². The van der Waals surface area contributed by atoms with E-state index in [-0.39, 0.29) is 0 Å². The van der Waals surface area contributed by atoms with Gasteiger partial charge in [-0.3, -0.25) is 4.99 Å². The number of rotatable bonds is 0. The Labute approximate surface area is 51.6 Å². The number of halogens is 2. The predicted octanol–water partition coefficient (Wildman–Crippen LogP) is 1.76. The van der Waals surface area contributed by atoms with Gasteiger partial charge in [0.15, 0.2) is 4.33 Å². The Balaban J connectivity index is 2.77. The highest BCUT2D eigenvalue weighted by Crippen LogP contribution is 2.22.